The molecule has 0 aliphatic heterocycles. The maximum Gasteiger partial charge on any atom is 0.304 e. The van der Waals surface area contributed by atoms with Crippen molar-refractivity contribution in [1.29, 1.82) is 0 Å². The average Bonchev–Trinajstić information content (AvgIpc) is 2.14. The van der Waals surface area contributed by atoms with Gasteiger partial charge in [-0.2, -0.15) is 0 Å². The second-order valence-corrected chi connectivity index (χ2v) is 4.62. The number of hydrogen-bond acceptors (Lipinski definition) is 3. The van der Waals surface area contributed by atoms with Gasteiger partial charge < -0.3 is 5.11 Å². The lowest BCUT2D eigenvalue weighted by Crippen LogP contribution is -2.23. The third kappa shape index (κ3) is 3.31. The summed E-state index contributed by atoms with van der Waals surface area (Å²) in [4.78, 5) is 19.0. The fourth-order valence-electron chi connectivity index (χ4n) is 1.45. The van der Waals surface area contributed by atoms with E-state index in [1.807, 2.05) is 20.8 Å². The fraction of sp³-hybridized carbons (Fsp3) is 0.545. The van der Waals surface area contributed by atoms with Gasteiger partial charge in [0.1, 0.15) is 5.82 Å². The van der Waals surface area contributed by atoms with Gasteiger partial charge in [-0.3, -0.25) is 4.79 Å². The normalized spacial score (nSPS) is 13.5. The van der Waals surface area contributed by atoms with Gasteiger partial charge in [-0.1, -0.05) is 20.8 Å². The zero-order valence-corrected chi connectivity index (χ0v) is 9.27. The topological polar surface area (TPSA) is 63.1 Å². The highest BCUT2D eigenvalue weighted by Gasteiger charge is 2.30. The van der Waals surface area contributed by atoms with E-state index in [2.05, 4.69) is 9.97 Å². The van der Waals surface area contributed by atoms with E-state index in [-0.39, 0.29) is 17.8 Å². The molecule has 0 saturated carbocycles. The molecule has 0 aliphatic rings. The van der Waals surface area contributed by atoms with Gasteiger partial charge in [0.25, 0.3) is 0 Å². The lowest BCUT2D eigenvalue weighted by atomic mass is 9.78. The van der Waals surface area contributed by atoms with Crippen molar-refractivity contribution in [3.05, 3.63) is 24.3 Å². The minimum atomic E-state index is -0.817. The molecule has 1 heterocycles. The number of aliphatic carboxylic acids is 1. The van der Waals surface area contributed by atoms with Crippen LogP contribution in [0, 0.1) is 5.41 Å². The molecule has 1 aromatic heterocycles. The SMILES string of the molecule is CC(C)(C)C(CC(=O)O)c1ncccn1. The number of carboxylic acids is 1. The first-order valence-corrected chi connectivity index (χ1v) is 4.90. The van der Waals surface area contributed by atoms with Crippen LogP contribution in [0.2, 0.25) is 0 Å². The monoisotopic (exact) mass is 208 g/mol. The molecule has 1 aromatic rings. The summed E-state index contributed by atoms with van der Waals surface area (Å²) in [6.07, 6.45) is 3.35. The number of nitrogens with zero attached hydrogens (tertiary/aromatic N) is 2. The standard InChI is InChI=1S/C11H16N2O2/c1-11(2,3)8(7-9(14)15)10-12-5-4-6-13-10/h4-6,8H,7H2,1-3H3,(H,14,15). The first-order chi connectivity index (χ1) is 6.91. The molecule has 1 atom stereocenters. The van der Waals surface area contributed by atoms with Crippen molar-refractivity contribution in [2.45, 2.75) is 33.1 Å². The fourth-order valence-corrected chi connectivity index (χ4v) is 1.45. The number of carboxylic acid groups (broad SMARTS) is 1. The van der Waals surface area contributed by atoms with Crippen LogP contribution in [0.3, 0.4) is 0 Å². The summed E-state index contributed by atoms with van der Waals surface area (Å²) in [6.45, 7) is 5.99. The maximum atomic E-state index is 10.8. The van der Waals surface area contributed by atoms with Crippen molar-refractivity contribution in [3.8, 4) is 0 Å². The van der Waals surface area contributed by atoms with E-state index < -0.39 is 5.97 Å². The molecule has 1 N–H and O–H groups in total. The smallest absolute Gasteiger partial charge is 0.304 e. The summed E-state index contributed by atoms with van der Waals surface area (Å²) >= 11 is 0. The molecule has 1 unspecified atom stereocenters. The summed E-state index contributed by atoms with van der Waals surface area (Å²) in [5, 5.41) is 8.85. The molecule has 0 fully saturated rings. The van der Waals surface area contributed by atoms with E-state index in [1.165, 1.54) is 0 Å². The zero-order valence-electron chi connectivity index (χ0n) is 9.27. The predicted octanol–water partition coefficient (Wildman–Crippen LogP) is 2.08. The number of aromatic nitrogens is 2. The quantitative estimate of drug-likeness (QED) is 0.826. The second kappa shape index (κ2) is 4.38. The molecule has 15 heavy (non-hydrogen) atoms. The molecule has 0 bridgehead atoms. The van der Waals surface area contributed by atoms with Crippen LogP contribution in [0.15, 0.2) is 18.5 Å². The van der Waals surface area contributed by atoms with Gasteiger partial charge in [0.2, 0.25) is 0 Å². The van der Waals surface area contributed by atoms with Crippen molar-refractivity contribution >= 4 is 5.97 Å². The number of carbonyl (C=O) groups is 1. The van der Waals surface area contributed by atoms with E-state index in [9.17, 15) is 4.79 Å². The predicted molar refractivity (Wildman–Crippen MR) is 56.5 cm³/mol. The van der Waals surface area contributed by atoms with Gasteiger partial charge in [0.05, 0.1) is 6.42 Å². The summed E-state index contributed by atoms with van der Waals surface area (Å²) < 4.78 is 0. The Balaban J connectivity index is 2.97. The van der Waals surface area contributed by atoms with Crippen molar-refractivity contribution < 1.29 is 9.90 Å². The van der Waals surface area contributed by atoms with Gasteiger partial charge in [-0.15, -0.1) is 0 Å². The van der Waals surface area contributed by atoms with E-state index in [4.69, 9.17) is 5.11 Å². The van der Waals surface area contributed by atoms with Crippen LogP contribution in [0.4, 0.5) is 0 Å². The highest BCUT2D eigenvalue weighted by atomic mass is 16.4. The van der Waals surface area contributed by atoms with Crippen LogP contribution < -0.4 is 0 Å². The third-order valence-electron chi connectivity index (χ3n) is 2.32. The van der Waals surface area contributed by atoms with Crippen molar-refractivity contribution in [2.24, 2.45) is 5.41 Å². The zero-order chi connectivity index (χ0) is 11.5. The van der Waals surface area contributed by atoms with Crippen LogP contribution in [0.25, 0.3) is 0 Å². The molecule has 4 heteroatoms. The number of rotatable bonds is 3. The molecule has 0 amide bonds. The summed E-state index contributed by atoms with van der Waals surface area (Å²) in [5.74, 6) is -0.369. The average molecular weight is 208 g/mol. The Morgan fingerprint density at radius 3 is 2.33 bits per heavy atom. The molecule has 0 aliphatic carbocycles. The molecular weight excluding hydrogens is 192 g/mol. The second-order valence-electron chi connectivity index (χ2n) is 4.62. The van der Waals surface area contributed by atoms with Gasteiger partial charge in [0.15, 0.2) is 0 Å². The highest BCUT2D eigenvalue weighted by Crippen LogP contribution is 2.35. The summed E-state index contributed by atoms with van der Waals surface area (Å²) in [7, 11) is 0. The maximum absolute atomic E-state index is 10.8. The van der Waals surface area contributed by atoms with Gasteiger partial charge in [0, 0.05) is 18.3 Å². The molecule has 82 valence electrons. The lowest BCUT2D eigenvalue weighted by molar-refractivity contribution is -0.138. The Labute approximate surface area is 89.4 Å². The van der Waals surface area contributed by atoms with Crippen LogP contribution in [-0.4, -0.2) is 21.0 Å². The number of hydrogen-bond donors (Lipinski definition) is 1. The van der Waals surface area contributed by atoms with Gasteiger partial charge >= 0.3 is 5.97 Å². The Morgan fingerprint density at radius 2 is 1.93 bits per heavy atom. The van der Waals surface area contributed by atoms with Crippen LogP contribution in [0.5, 0.6) is 0 Å². The van der Waals surface area contributed by atoms with Crippen LogP contribution in [-0.2, 0) is 4.79 Å². The summed E-state index contributed by atoms with van der Waals surface area (Å²) in [6, 6.07) is 1.73. The third-order valence-corrected chi connectivity index (χ3v) is 2.32. The molecule has 0 radical (unpaired) electrons. The highest BCUT2D eigenvalue weighted by molar-refractivity contribution is 5.67. The van der Waals surface area contributed by atoms with E-state index in [0.717, 1.165) is 0 Å². The van der Waals surface area contributed by atoms with Crippen molar-refractivity contribution in [3.63, 3.8) is 0 Å². The van der Waals surface area contributed by atoms with Crippen LogP contribution >= 0.6 is 0 Å². The largest absolute Gasteiger partial charge is 0.481 e. The molecule has 0 saturated heterocycles. The molecule has 0 aromatic carbocycles. The van der Waals surface area contributed by atoms with E-state index >= 15 is 0 Å². The van der Waals surface area contributed by atoms with Crippen molar-refractivity contribution in [2.75, 3.05) is 0 Å². The minimum absolute atomic E-state index is 0.0630. The summed E-state index contributed by atoms with van der Waals surface area (Å²) in [5.41, 5.74) is -0.153. The minimum Gasteiger partial charge on any atom is -0.481 e. The Kier molecular flexibility index (Phi) is 3.39. The van der Waals surface area contributed by atoms with Gasteiger partial charge in [-0.25, -0.2) is 9.97 Å². The first kappa shape index (κ1) is 11.6. The molecular formula is C11H16N2O2. The van der Waals surface area contributed by atoms with Crippen molar-refractivity contribution in [1.82, 2.24) is 9.97 Å². The lowest BCUT2D eigenvalue weighted by Gasteiger charge is -2.27. The van der Waals surface area contributed by atoms with Gasteiger partial charge in [-0.05, 0) is 11.5 Å². The Morgan fingerprint density at radius 1 is 1.40 bits per heavy atom. The van der Waals surface area contributed by atoms with E-state index in [0.29, 0.717) is 5.82 Å². The molecule has 1 rings (SSSR count). The van der Waals surface area contributed by atoms with Crippen LogP contribution in [0.1, 0.15) is 38.9 Å². The van der Waals surface area contributed by atoms with E-state index in [1.54, 1.807) is 18.5 Å². The Bertz CT molecular complexity index is 330. The molecule has 0 spiro atoms. The first-order valence-electron chi connectivity index (χ1n) is 4.90. The molecule has 4 nitrogen and oxygen atoms in total. The Hall–Kier alpha value is -1.45.